The lowest BCUT2D eigenvalue weighted by Gasteiger charge is -2.06. The van der Waals surface area contributed by atoms with Crippen molar-refractivity contribution in [1.29, 1.82) is 0 Å². The van der Waals surface area contributed by atoms with Crippen molar-refractivity contribution in [1.82, 2.24) is 9.55 Å². The molecule has 3 nitrogen and oxygen atoms in total. The summed E-state index contributed by atoms with van der Waals surface area (Å²) in [7, 11) is 0. The molecule has 3 aromatic rings. The summed E-state index contributed by atoms with van der Waals surface area (Å²) in [4.78, 5) is 4.42. The van der Waals surface area contributed by atoms with Crippen molar-refractivity contribution in [3.05, 3.63) is 66.1 Å². The summed E-state index contributed by atoms with van der Waals surface area (Å²) in [5.74, 6) is 0. The van der Waals surface area contributed by atoms with Crippen LogP contribution in [0.3, 0.4) is 0 Å². The lowest BCUT2D eigenvalue weighted by Crippen LogP contribution is -2.21. The molecule has 0 saturated heterocycles. The van der Waals surface area contributed by atoms with Gasteiger partial charge in [-0.05, 0) is 36.6 Å². The van der Waals surface area contributed by atoms with E-state index in [-0.39, 0.29) is 6.04 Å². The number of benzene rings is 1. The molecule has 21 heavy (non-hydrogen) atoms. The van der Waals surface area contributed by atoms with Gasteiger partial charge in [-0.25, -0.2) is 0 Å². The molecule has 1 unspecified atom stereocenters. The fourth-order valence-corrected chi connectivity index (χ4v) is 2.71. The molecule has 0 amide bonds. The topological polar surface area (TPSA) is 43.8 Å². The third-order valence-electron chi connectivity index (χ3n) is 3.94. The van der Waals surface area contributed by atoms with Gasteiger partial charge >= 0.3 is 0 Å². The first-order valence-corrected chi connectivity index (χ1v) is 7.50. The first-order valence-electron chi connectivity index (χ1n) is 7.50. The van der Waals surface area contributed by atoms with Gasteiger partial charge in [-0.2, -0.15) is 0 Å². The Morgan fingerprint density at radius 3 is 2.71 bits per heavy atom. The first kappa shape index (κ1) is 13.8. The Bertz CT molecular complexity index is 716. The van der Waals surface area contributed by atoms with E-state index in [1.54, 1.807) is 0 Å². The van der Waals surface area contributed by atoms with Gasteiger partial charge in [0, 0.05) is 29.3 Å². The van der Waals surface area contributed by atoms with E-state index < -0.39 is 0 Å². The highest BCUT2D eigenvalue weighted by molar-refractivity contribution is 5.84. The maximum atomic E-state index is 6.14. The number of fused-ring (bicyclic) bond motifs is 1. The minimum absolute atomic E-state index is 0.221. The fourth-order valence-electron chi connectivity index (χ4n) is 2.71. The van der Waals surface area contributed by atoms with Crippen molar-refractivity contribution in [2.75, 3.05) is 0 Å². The molecule has 0 fully saturated rings. The second-order valence-electron chi connectivity index (χ2n) is 5.49. The lowest BCUT2D eigenvalue weighted by molar-refractivity contribution is 0.646. The van der Waals surface area contributed by atoms with Gasteiger partial charge < -0.3 is 10.3 Å². The van der Waals surface area contributed by atoms with Gasteiger partial charge in [0.25, 0.3) is 0 Å². The summed E-state index contributed by atoms with van der Waals surface area (Å²) in [5, 5.41) is 1.30. The average molecular weight is 279 g/mol. The van der Waals surface area contributed by atoms with Crippen LogP contribution in [0.2, 0.25) is 0 Å². The molecule has 0 aliphatic rings. The molecule has 0 saturated carbocycles. The van der Waals surface area contributed by atoms with E-state index in [2.05, 4.69) is 53.0 Å². The average Bonchev–Trinajstić information content (AvgIpc) is 2.86. The number of hydrogen-bond donors (Lipinski definition) is 1. The molecule has 1 atom stereocenters. The van der Waals surface area contributed by atoms with Gasteiger partial charge in [0.2, 0.25) is 0 Å². The van der Waals surface area contributed by atoms with Crippen LogP contribution < -0.4 is 5.73 Å². The SMILES string of the molecule is CCC(N)Cc1cn(Cc2ccccn2)c2ccccc12. The number of pyridine rings is 1. The highest BCUT2D eigenvalue weighted by Crippen LogP contribution is 2.23. The zero-order valence-corrected chi connectivity index (χ0v) is 12.4. The van der Waals surface area contributed by atoms with Crippen LogP contribution >= 0.6 is 0 Å². The molecule has 3 heteroatoms. The Kier molecular flexibility index (Phi) is 4.02. The van der Waals surface area contributed by atoms with Gasteiger partial charge in [0.05, 0.1) is 12.2 Å². The number of rotatable bonds is 5. The second kappa shape index (κ2) is 6.10. The largest absolute Gasteiger partial charge is 0.341 e. The molecular weight excluding hydrogens is 258 g/mol. The Labute approximate surface area is 125 Å². The number of aromatic nitrogens is 2. The standard InChI is InChI=1S/C18H21N3/c1-2-15(19)11-14-12-21(13-16-7-5-6-10-20-16)18-9-4-3-8-17(14)18/h3-10,12,15H,2,11,13,19H2,1H3. The van der Waals surface area contributed by atoms with Crippen LogP contribution in [0, 0.1) is 0 Å². The molecule has 2 heterocycles. The molecule has 0 bridgehead atoms. The Hall–Kier alpha value is -2.13. The van der Waals surface area contributed by atoms with Gasteiger partial charge in [-0.15, -0.1) is 0 Å². The quantitative estimate of drug-likeness (QED) is 0.778. The van der Waals surface area contributed by atoms with Crippen molar-refractivity contribution in [3.63, 3.8) is 0 Å². The molecule has 2 N–H and O–H groups in total. The van der Waals surface area contributed by atoms with Crippen molar-refractivity contribution >= 4 is 10.9 Å². The maximum Gasteiger partial charge on any atom is 0.0648 e. The second-order valence-corrected chi connectivity index (χ2v) is 5.49. The molecule has 2 aromatic heterocycles. The third kappa shape index (κ3) is 2.98. The lowest BCUT2D eigenvalue weighted by atomic mass is 10.0. The normalized spacial score (nSPS) is 12.7. The molecule has 1 aromatic carbocycles. The van der Waals surface area contributed by atoms with Crippen LogP contribution in [-0.4, -0.2) is 15.6 Å². The van der Waals surface area contributed by atoms with Crippen LogP contribution in [0.5, 0.6) is 0 Å². The van der Waals surface area contributed by atoms with E-state index in [1.807, 2.05) is 18.3 Å². The van der Waals surface area contributed by atoms with Gasteiger partial charge in [0.15, 0.2) is 0 Å². The summed E-state index contributed by atoms with van der Waals surface area (Å²) in [6, 6.07) is 14.8. The van der Waals surface area contributed by atoms with E-state index in [0.29, 0.717) is 0 Å². The highest BCUT2D eigenvalue weighted by Gasteiger charge is 2.11. The van der Waals surface area contributed by atoms with Crippen LogP contribution in [0.1, 0.15) is 24.6 Å². The van der Waals surface area contributed by atoms with Crippen LogP contribution in [0.4, 0.5) is 0 Å². The van der Waals surface area contributed by atoms with E-state index in [9.17, 15) is 0 Å². The zero-order chi connectivity index (χ0) is 14.7. The van der Waals surface area contributed by atoms with Crippen LogP contribution in [-0.2, 0) is 13.0 Å². The van der Waals surface area contributed by atoms with Crippen molar-refractivity contribution < 1.29 is 0 Å². The fraction of sp³-hybridized carbons (Fsp3) is 0.278. The van der Waals surface area contributed by atoms with E-state index in [0.717, 1.165) is 25.1 Å². The number of nitrogens with two attached hydrogens (primary N) is 1. The minimum Gasteiger partial charge on any atom is -0.341 e. The third-order valence-corrected chi connectivity index (χ3v) is 3.94. The molecule has 0 radical (unpaired) electrons. The summed E-state index contributed by atoms with van der Waals surface area (Å²) in [6.45, 7) is 2.93. The summed E-state index contributed by atoms with van der Waals surface area (Å²) >= 11 is 0. The summed E-state index contributed by atoms with van der Waals surface area (Å²) in [6.07, 6.45) is 6.00. The van der Waals surface area contributed by atoms with Crippen molar-refractivity contribution in [3.8, 4) is 0 Å². The number of hydrogen-bond acceptors (Lipinski definition) is 2. The Balaban J connectivity index is 1.99. The van der Waals surface area contributed by atoms with E-state index in [1.165, 1.54) is 16.5 Å². The van der Waals surface area contributed by atoms with Gasteiger partial charge in [0.1, 0.15) is 0 Å². The monoisotopic (exact) mass is 279 g/mol. The number of nitrogens with zero attached hydrogens (tertiary/aromatic N) is 2. The van der Waals surface area contributed by atoms with Crippen LogP contribution in [0.25, 0.3) is 10.9 Å². The van der Waals surface area contributed by atoms with E-state index in [4.69, 9.17) is 5.73 Å². The molecular formula is C18H21N3. The molecule has 0 aliphatic heterocycles. The smallest absolute Gasteiger partial charge is 0.0648 e. The maximum absolute atomic E-state index is 6.14. The predicted octanol–water partition coefficient (Wildman–Crippen LogP) is 3.36. The number of para-hydroxylation sites is 1. The molecule has 108 valence electrons. The summed E-state index contributed by atoms with van der Waals surface area (Å²) < 4.78 is 2.27. The Morgan fingerprint density at radius 1 is 1.14 bits per heavy atom. The Morgan fingerprint density at radius 2 is 1.95 bits per heavy atom. The minimum atomic E-state index is 0.221. The van der Waals surface area contributed by atoms with Gasteiger partial charge in [-0.3, -0.25) is 4.98 Å². The molecule has 3 rings (SSSR count). The zero-order valence-electron chi connectivity index (χ0n) is 12.4. The van der Waals surface area contributed by atoms with E-state index >= 15 is 0 Å². The van der Waals surface area contributed by atoms with Gasteiger partial charge in [-0.1, -0.05) is 31.2 Å². The van der Waals surface area contributed by atoms with Crippen molar-refractivity contribution in [2.24, 2.45) is 5.73 Å². The molecule has 0 aliphatic carbocycles. The highest BCUT2D eigenvalue weighted by atomic mass is 15.0. The van der Waals surface area contributed by atoms with Crippen molar-refractivity contribution in [2.45, 2.75) is 32.4 Å². The molecule has 0 spiro atoms. The first-order chi connectivity index (χ1) is 10.3. The predicted molar refractivity (Wildman–Crippen MR) is 87.2 cm³/mol. The summed E-state index contributed by atoms with van der Waals surface area (Å²) in [5.41, 5.74) is 9.79. The van der Waals surface area contributed by atoms with Crippen LogP contribution in [0.15, 0.2) is 54.9 Å².